The van der Waals surface area contributed by atoms with Crippen molar-refractivity contribution in [1.82, 2.24) is 39.3 Å². The first-order chi connectivity index (χ1) is 34.8. The number of carbonyl (C=O) groups excluding carboxylic acids is 2. The molecule has 4 aromatic heterocycles. The van der Waals surface area contributed by atoms with E-state index in [9.17, 15) is 18.4 Å². The summed E-state index contributed by atoms with van der Waals surface area (Å²) in [7, 11) is 1.63. The van der Waals surface area contributed by atoms with Gasteiger partial charge < -0.3 is 20.2 Å². The predicted molar refractivity (Wildman–Crippen MR) is 302 cm³/mol. The molecular weight excluding hydrogens is 970 g/mol. The molecule has 0 radical (unpaired) electrons. The molecular formula is C58H71F2LiN10O2Si2. The summed E-state index contributed by atoms with van der Waals surface area (Å²) in [5, 5.41) is 11.6. The second-order valence-corrected chi connectivity index (χ2v) is 31.0. The Bertz CT molecular complexity index is 3280. The van der Waals surface area contributed by atoms with E-state index in [1.165, 1.54) is 29.8 Å². The summed E-state index contributed by atoms with van der Waals surface area (Å²) in [4.78, 5) is 37.9. The molecule has 2 atom stereocenters. The SMILES string of the molecule is CC(=O)N(CCc1cc2c(-c3ccnc(C)c3)nn(C)c2cc1N)[C@H](C)c1ccc(F)cc1.C[Si](C)(C)[N-][Si](C)(C)C.Cc1cc(-c2nn(C)c3cc4c(cc23)CCN([C@H](C)c2ccc(F)cc2)C(=O)C4)ccn1.[Li+]. The van der Waals surface area contributed by atoms with Gasteiger partial charge >= 0.3 is 18.9 Å². The third-order valence-electron chi connectivity index (χ3n) is 13.2. The number of benzene rings is 4. The van der Waals surface area contributed by atoms with E-state index >= 15 is 0 Å². The van der Waals surface area contributed by atoms with Crippen LogP contribution in [0.4, 0.5) is 14.5 Å². The van der Waals surface area contributed by atoms with E-state index < -0.39 is 16.5 Å². The molecule has 0 saturated heterocycles. The van der Waals surface area contributed by atoms with E-state index in [-0.39, 0.29) is 54.4 Å². The molecule has 17 heteroatoms. The van der Waals surface area contributed by atoms with Gasteiger partial charge in [-0.2, -0.15) is 10.2 Å². The Labute approximate surface area is 455 Å². The molecule has 4 aromatic carbocycles. The van der Waals surface area contributed by atoms with Crippen LogP contribution in [0.5, 0.6) is 0 Å². The van der Waals surface area contributed by atoms with Gasteiger partial charge in [-0.05, 0) is 141 Å². The Morgan fingerprint density at radius 2 is 1.21 bits per heavy atom. The molecule has 388 valence electrons. The Kier molecular flexibility index (Phi) is 18.7. The molecule has 1 aliphatic heterocycles. The molecule has 0 fully saturated rings. The van der Waals surface area contributed by atoms with Crippen LogP contribution in [0, 0.1) is 25.5 Å². The predicted octanol–water partition coefficient (Wildman–Crippen LogP) is 9.62. The van der Waals surface area contributed by atoms with Gasteiger partial charge in [-0.15, -0.1) is 0 Å². The number of amides is 2. The first-order valence-corrected chi connectivity index (χ1v) is 32.2. The van der Waals surface area contributed by atoms with Crippen molar-refractivity contribution in [3.63, 3.8) is 0 Å². The van der Waals surface area contributed by atoms with E-state index in [1.54, 1.807) is 42.3 Å². The van der Waals surface area contributed by atoms with Gasteiger partial charge in [0.1, 0.15) is 23.0 Å². The van der Waals surface area contributed by atoms with E-state index in [2.05, 4.69) is 67.4 Å². The number of fused-ring (bicyclic) bond motifs is 3. The third-order valence-corrected chi connectivity index (χ3v) is 18.6. The summed E-state index contributed by atoms with van der Waals surface area (Å²) in [6.45, 7) is 24.3. The maximum Gasteiger partial charge on any atom is 1.00 e. The zero-order chi connectivity index (χ0) is 53.8. The van der Waals surface area contributed by atoms with Gasteiger partial charge in [0.15, 0.2) is 0 Å². The van der Waals surface area contributed by atoms with E-state index in [4.69, 9.17) is 20.6 Å². The summed E-state index contributed by atoms with van der Waals surface area (Å²) in [6, 6.07) is 28.7. The van der Waals surface area contributed by atoms with Crippen molar-refractivity contribution in [2.75, 3.05) is 18.8 Å². The normalized spacial score (nSPS) is 13.4. The van der Waals surface area contributed by atoms with Gasteiger partial charge in [0, 0.05) is 85.5 Å². The van der Waals surface area contributed by atoms with Gasteiger partial charge in [-0.25, -0.2) is 8.78 Å². The monoisotopic (exact) mass is 1040 g/mol. The summed E-state index contributed by atoms with van der Waals surface area (Å²) >= 11 is 0. The smallest absolute Gasteiger partial charge is 0.668 e. The number of carbonyl (C=O) groups is 2. The Hall–Kier alpha value is -6.29. The number of nitrogens with zero attached hydrogens (tertiary/aromatic N) is 9. The van der Waals surface area contributed by atoms with Crippen LogP contribution in [0.3, 0.4) is 0 Å². The van der Waals surface area contributed by atoms with Crippen molar-refractivity contribution in [2.24, 2.45) is 14.1 Å². The number of anilines is 1. The number of hydrogen-bond donors (Lipinski definition) is 1. The first kappa shape index (κ1) is 58.0. The van der Waals surface area contributed by atoms with E-state index in [0.29, 0.717) is 31.6 Å². The molecule has 75 heavy (non-hydrogen) atoms. The Morgan fingerprint density at radius 3 is 1.69 bits per heavy atom. The van der Waals surface area contributed by atoms with Crippen LogP contribution < -0.4 is 24.6 Å². The van der Waals surface area contributed by atoms with Crippen molar-refractivity contribution < 1.29 is 37.2 Å². The molecule has 12 nitrogen and oxygen atoms in total. The van der Waals surface area contributed by atoms with Gasteiger partial charge in [-0.1, -0.05) is 80.0 Å². The third kappa shape index (κ3) is 14.6. The number of nitrogen functional groups attached to an aromatic ring is 1. The molecule has 0 spiro atoms. The Balaban J connectivity index is 0.000000207. The molecule has 2 N–H and O–H groups in total. The van der Waals surface area contributed by atoms with Crippen LogP contribution in [-0.4, -0.2) is 80.7 Å². The molecule has 8 aromatic rings. The number of pyridine rings is 2. The number of hydrogen-bond acceptors (Lipinski definition) is 7. The average Bonchev–Trinajstić information content (AvgIpc) is 3.75. The molecule has 1 aliphatic rings. The van der Waals surface area contributed by atoms with Crippen LogP contribution in [0.2, 0.25) is 39.3 Å². The van der Waals surface area contributed by atoms with E-state index in [1.807, 2.05) is 92.6 Å². The second kappa shape index (κ2) is 24.1. The summed E-state index contributed by atoms with van der Waals surface area (Å²) in [5.74, 6) is -0.512. The van der Waals surface area contributed by atoms with Crippen molar-refractivity contribution in [3.05, 3.63) is 165 Å². The molecule has 0 aliphatic carbocycles. The van der Waals surface area contributed by atoms with Crippen molar-refractivity contribution in [1.29, 1.82) is 0 Å². The topological polar surface area (TPSA) is 142 Å². The number of rotatable bonds is 11. The molecule has 5 heterocycles. The largest absolute Gasteiger partial charge is 1.00 e. The average molecular weight is 1040 g/mol. The standard InChI is InChI=1S/C26H28FN5O.C26H25FN4O.C6H18NSi2.Li/c1-16-13-21(9-11-29-16)26-23-14-20(24(28)15-25(23)31(4)30-26)10-12-32(18(3)33)17(2)19-5-7-22(27)8-6-19;1-16-12-20(8-10-28-16)26-23-13-19-9-11-31(17(2)18-4-6-22(27)7-5-18)25(32)15-21(19)14-24(23)30(3)29-26;1-8(2,3)7-9(4,5)6;/h5-9,11,13-15,17H,10,12,28H2,1-4H3;4-8,10,12-14,17H,9,11,15H2,1-3H3;1-6H3;/q;;-1;+1/t2*17-;;/m11../s1. The molecule has 0 saturated carbocycles. The fraction of sp³-hybridized carbons (Fsp3) is 0.345. The number of aromatic nitrogens is 6. The zero-order valence-electron chi connectivity index (χ0n) is 46.3. The molecule has 0 bridgehead atoms. The summed E-state index contributed by atoms with van der Waals surface area (Å²) < 4.78 is 35.2. The first-order valence-electron chi connectivity index (χ1n) is 25.3. The maximum atomic E-state index is 13.3. The van der Waals surface area contributed by atoms with Crippen LogP contribution in [0.25, 0.3) is 49.0 Å². The number of halogens is 2. The van der Waals surface area contributed by atoms with Crippen LogP contribution in [-0.2, 0) is 42.9 Å². The van der Waals surface area contributed by atoms with Gasteiger partial charge in [0.25, 0.3) is 0 Å². The maximum absolute atomic E-state index is 13.3. The summed E-state index contributed by atoms with van der Waals surface area (Å²) in [6.07, 6.45) is 5.31. The Morgan fingerprint density at radius 1 is 0.720 bits per heavy atom. The van der Waals surface area contributed by atoms with Crippen LogP contribution in [0.1, 0.15) is 72.1 Å². The van der Waals surface area contributed by atoms with Gasteiger partial charge in [-0.3, -0.25) is 28.9 Å². The van der Waals surface area contributed by atoms with Crippen LogP contribution in [0.15, 0.2) is 109 Å². The fourth-order valence-electron chi connectivity index (χ4n) is 9.93. The molecule has 9 rings (SSSR count). The van der Waals surface area contributed by atoms with E-state index in [0.717, 1.165) is 84.4 Å². The van der Waals surface area contributed by atoms with Gasteiger partial charge in [0.2, 0.25) is 11.8 Å². The minimum absolute atomic E-state index is 0. The quantitative estimate of drug-likeness (QED) is 0.100. The second-order valence-electron chi connectivity index (χ2n) is 21.4. The summed E-state index contributed by atoms with van der Waals surface area (Å²) in [5.41, 5.74) is 19.8. The van der Waals surface area contributed by atoms with Gasteiger partial charge in [0.05, 0.1) is 29.5 Å². The number of aryl methyl sites for hydroxylation is 4. The fourth-order valence-corrected chi connectivity index (χ4v) is 18.0. The number of nitrogens with two attached hydrogens (primary N) is 1. The minimum Gasteiger partial charge on any atom is -0.668 e. The van der Waals surface area contributed by atoms with Crippen LogP contribution >= 0.6 is 0 Å². The van der Waals surface area contributed by atoms with Crippen molar-refractivity contribution >= 4 is 55.8 Å². The zero-order valence-corrected chi connectivity index (χ0v) is 48.3. The van der Waals surface area contributed by atoms with Crippen molar-refractivity contribution in [2.45, 2.75) is 105 Å². The minimum atomic E-state index is -1.11. The van der Waals surface area contributed by atoms with Crippen molar-refractivity contribution in [3.8, 4) is 22.5 Å². The molecule has 0 unspecified atom stereocenters. The molecule has 2 amide bonds.